The van der Waals surface area contributed by atoms with Crippen LogP contribution in [0.2, 0.25) is 0 Å². The molecule has 0 aromatic carbocycles. The van der Waals surface area contributed by atoms with Gasteiger partial charge in [-0.1, -0.05) is 0 Å². The first-order valence-corrected chi connectivity index (χ1v) is 5.21. The van der Waals surface area contributed by atoms with Crippen molar-refractivity contribution in [1.82, 2.24) is 0 Å². The smallest absolute Gasteiger partial charge is 0.166 e. The zero-order valence-corrected chi connectivity index (χ0v) is 13.4. The van der Waals surface area contributed by atoms with Crippen LogP contribution >= 0.6 is 0 Å². The van der Waals surface area contributed by atoms with Gasteiger partial charge in [-0.3, -0.25) is 0 Å². The lowest BCUT2D eigenvalue weighted by Gasteiger charge is -2.30. The van der Waals surface area contributed by atoms with Crippen LogP contribution < -0.4 is 29.4 Å². The third-order valence-electron chi connectivity index (χ3n) is 2.52. The van der Waals surface area contributed by atoms with Crippen molar-refractivity contribution in [2.45, 2.75) is 6.42 Å². The molecule has 0 heterocycles. The number of halogens is 2. The second-order valence-corrected chi connectivity index (χ2v) is 5.30. The third kappa shape index (κ3) is 11.9. The SMILES string of the molecule is C[N+](C)(CC#N)CCC[N+](C)(C)CC#N.[Br-].[Cl-]. The maximum absolute atomic E-state index is 8.63. The van der Waals surface area contributed by atoms with E-state index in [0.29, 0.717) is 13.1 Å². The fourth-order valence-corrected chi connectivity index (χ4v) is 1.47. The van der Waals surface area contributed by atoms with Gasteiger partial charge in [0.15, 0.2) is 13.1 Å². The van der Waals surface area contributed by atoms with Crippen LogP contribution in [0.15, 0.2) is 0 Å². The molecule has 0 radical (unpaired) electrons. The van der Waals surface area contributed by atoms with Gasteiger partial charge in [0.2, 0.25) is 0 Å². The van der Waals surface area contributed by atoms with E-state index < -0.39 is 0 Å². The molecule has 0 aromatic rings. The van der Waals surface area contributed by atoms with Crippen molar-refractivity contribution in [3.63, 3.8) is 0 Å². The first-order chi connectivity index (χ1) is 6.83. The van der Waals surface area contributed by atoms with E-state index in [0.717, 1.165) is 28.5 Å². The molecule has 4 nitrogen and oxygen atoms in total. The van der Waals surface area contributed by atoms with Crippen molar-refractivity contribution in [2.75, 3.05) is 54.4 Å². The summed E-state index contributed by atoms with van der Waals surface area (Å²) < 4.78 is 1.48. The molecule has 0 unspecified atom stereocenters. The summed E-state index contributed by atoms with van der Waals surface area (Å²) in [5.74, 6) is 0. The highest BCUT2D eigenvalue weighted by Crippen LogP contribution is 2.03. The van der Waals surface area contributed by atoms with E-state index in [1.54, 1.807) is 0 Å². The number of rotatable bonds is 6. The van der Waals surface area contributed by atoms with Gasteiger partial charge in [0.25, 0.3) is 0 Å². The number of hydrogen-bond acceptors (Lipinski definition) is 2. The monoisotopic (exact) mass is 324 g/mol. The molecule has 0 bridgehead atoms. The zero-order valence-electron chi connectivity index (χ0n) is 11.1. The number of nitriles is 2. The average molecular weight is 326 g/mol. The van der Waals surface area contributed by atoms with Gasteiger partial charge in [-0.25, -0.2) is 0 Å². The predicted octanol–water partition coefficient (Wildman–Crippen LogP) is -5.42. The summed E-state index contributed by atoms with van der Waals surface area (Å²) in [6, 6.07) is 4.39. The Morgan fingerprint density at radius 1 is 0.824 bits per heavy atom. The standard InChI is InChI=1S/C11H22N4.BrH.ClH/c1-14(2,10-6-12)8-5-9-15(3,4)11-7-13;;/h5,8-11H2,1-4H3;2*1H/q+2;;/p-2. The molecule has 0 spiro atoms. The summed E-state index contributed by atoms with van der Waals surface area (Å²) in [6.07, 6.45) is 1.04. The van der Waals surface area contributed by atoms with Gasteiger partial charge in [-0.05, 0) is 0 Å². The van der Waals surface area contributed by atoms with E-state index in [1.807, 2.05) is 0 Å². The van der Waals surface area contributed by atoms with E-state index in [1.165, 1.54) is 0 Å². The maximum Gasteiger partial charge on any atom is 0.166 e. The molecule has 0 aliphatic carbocycles. The molecule has 100 valence electrons. The molecule has 0 amide bonds. The first-order valence-electron chi connectivity index (χ1n) is 5.21. The van der Waals surface area contributed by atoms with Crippen LogP contribution in [-0.2, 0) is 0 Å². The summed E-state index contributed by atoms with van der Waals surface area (Å²) in [4.78, 5) is 0. The quantitative estimate of drug-likeness (QED) is 0.362. The predicted molar refractivity (Wildman–Crippen MR) is 59.5 cm³/mol. The molecule has 0 fully saturated rings. The molecular weight excluding hydrogens is 304 g/mol. The molecule has 0 saturated carbocycles. The van der Waals surface area contributed by atoms with Crippen molar-refractivity contribution in [3.05, 3.63) is 0 Å². The van der Waals surface area contributed by atoms with Crippen molar-refractivity contribution >= 4 is 0 Å². The Balaban J connectivity index is -0.000000980. The molecule has 0 aliphatic heterocycles. The van der Waals surface area contributed by atoms with Crippen LogP contribution in [0.1, 0.15) is 6.42 Å². The Bertz CT molecular complexity index is 250. The Morgan fingerprint density at radius 2 is 1.12 bits per heavy atom. The number of hydrogen-bond donors (Lipinski definition) is 0. The van der Waals surface area contributed by atoms with Crippen molar-refractivity contribution in [2.24, 2.45) is 0 Å². The Kier molecular flexibility index (Phi) is 12.5. The fraction of sp³-hybridized carbons (Fsp3) is 0.818. The minimum atomic E-state index is 0. The highest BCUT2D eigenvalue weighted by atomic mass is 79.9. The van der Waals surface area contributed by atoms with Crippen LogP contribution in [0.4, 0.5) is 0 Å². The van der Waals surface area contributed by atoms with E-state index in [4.69, 9.17) is 10.5 Å². The summed E-state index contributed by atoms with van der Waals surface area (Å²) in [6.45, 7) is 3.07. The lowest BCUT2D eigenvalue weighted by molar-refractivity contribution is -0.902. The molecule has 0 atom stereocenters. The topological polar surface area (TPSA) is 47.6 Å². The van der Waals surface area contributed by atoms with Gasteiger partial charge in [-0.2, -0.15) is 10.5 Å². The molecule has 0 aromatic heterocycles. The van der Waals surface area contributed by atoms with Crippen molar-refractivity contribution in [1.29, 1.82) is 10.5 Å². The lowest BCUT2D eigenvalue weighted by atomic mass is 10.3. The Labute approximate surface area is 122 Å². The molecule has 0 rings (SSSR count). The van der Waals surface area contributed by atoms with Crippen LogP contribution in [0.5, 0.6) is 0 Å². The summed E-state index contributed by atoms with van der Waals surface area (Å²) >= 11 is 0. The normalized spacial score (nSPS) is 10.5. The summed E-state index contributed by atoms with van der Waals surface area (Å²) in [5.41, 5.74) is 0. The summed E-state index contributed by atoms with van der Waals surface area (Å²) in [5, 5.41) is 17.3. The largest absolute Gasteiger partial charge is 1.00 e. The highest BCUT2D eigenvalue weighted by Gasteiger charge is 2.18. The van der Waals surface area contributed by atoms with E-state index in [2.05, 4.69) is 40.3 Å². The lowest BCUT2D eigenvalue weighted by Crippen LogP contribution is -3.00. The molecule has 17 heavy (non-hydrogen) atoms. The second-order valence-electron chi connectivity index (χ2n) is 5.30. The van der Waals surface area contributed by atoms with Crippen LogP contribution in [0.25, 0.3) is 0 Å². The number of nitrogens with zero attached hydrogens (tertiary/aromatic N) is 4. The van der Waals surface area contributed by atoms with Crippen LogP contribution in [-0.4, -0.2) is 63.3 Å². The molecule has 0 saturated heterocycles. The maximum atomic E-state index is 8.63. The molecular formula is C11H22BrClN4. The molecule has 0 N–H and O–H groups in total. The van der Waals surface area contributed by atoms with Gasteiger partial charge in [0, 0.05) is 6.42 Å². The summed E-state index contributed by atoms with van der Waals surface area (Å²) in [7, 11) is 8.25. The fourth-order valence-electron chi connectivity index (χ4n) is 1.47. The second kappa shape index (κ2) is 9.67. The van der Waals surface area contributed by atoms with E-state index >= 15 is 0 Å². The molecule has 0 aliphatic rings. The minimum absolute atomic E-state index is 0. The Hall–Kier alpha value is -0.330. The van der Waals surface area contributed by atoms with Crippen LogP contribution in [0, 0.1) is 22.7 Å². The van der Waals surface area contributed by atoms with Crippen molar-refractivity contribution < 1.29 is 38.4 Å². The van der Waals surface area contributed by atoms with Gasteiger partial charge >= 0.3 is 0 Å². The van der Waals surface area contributed by atoms with Gasteiger partial charge in [-0.15, -0.1) is 0 Å². The zero-order chi connectivity index (χ0) is 11.9. The third-order valence-corrected chi connectivity index (χ3v) is 2.52. The van der Waals surface area contributed by atoms with Crippen molar-refractivity contribution in [3.8, 4) is 12.1 Å². The number of quaternary nitrogens is 2. The average Bonchev–Trinajstić information content (AvgIpc) is 2.02. The molecule has 6 heteroatoms. The highest BCUT2D eigenvalue weighted by molar-refractivity contribution is 4.68. The van der Waals surface area contributed by atoms with Crippen LogP contribution in [0.3, 0.4) is 0 Å². The Morgan fingerprint density at radius 3 is 1.35 bits per heavy atom. The van der Waals surface area contributed by atoms with Gasteiger partial charge in [0.05, 0.1) is 41.3 Å². The van der Waals surface area contributed by atoms with E-state index in [9.17, 15) is 0 Å². The minimum Gasteiger partial charge on any atom is -1.00 e. The van der Waals surface area contributed by atoms with Gasteiger partial charge in [0.1, 0.15) is 12.1 Å². The first kappa shape index (κ1) is 21.9. The van der Waals surface area contributed by atoms with E-state index in [-0.39, 0.29) is 29.4 Å². The van der Waals surface area contributed by atoms with Gasteiger partial charge < -0.3 is 38.4 Å².